The largest absolute Gasteiger partial charge is 0.467 e. The lowest BCUT2D eigenvalue weighted by molar-refractivity contribution is -0.384. The molecule has 0 aliphatic heterocycles. The first kappa shape index (κ1) is 16.9. The summed E-state index contributed by atoms with van der Waals surface area (Å²) in [7, 11) is 1.22. The molecule has 0 radical (unpaired) electrons. The van der Waals surface area contributed by atoms with E-state index in [0.29, 0.717) is 0 Å². The van der Waals surface area contributed by atoms with Crippen molar-refractivity contribution < 1.29 is 19.2 Å². The second-order valence-electron chi connectivity index (χ2n) is 4.64. The predicted molar refractivity (Wildman–Crippen MR) is 76.2 cm³/mol. The van der Waals surface area contributed by atoms with Gasteiger partial charge in [0.05, 0.1) is 12.0 Å². The summed E-state index contributed by atoms with van der Waals surface area (Å²) in [5, 5.41) is 13.2. The maximum atomic E-state index is 12.1. The number of methoxy groups -OCH3 is 1. The highest BCUT2D eigenvalue weighted by molar-refractivity contribution is 6.32. The second-order valence-corrected chi connectivity index (χ2v) is 5.05. The zero-order chi connectivity index (χ0) is 16.2. The van der Waals surface area contributed by atoms with Crippen LogP contribution < -0.4 is 5.32 Å². The molecule has 1 atom stereocenters. The van der Waals surface area contributed by atoms with E-state index in [-0.39, 0.29) is 22.2 Å². The highest BCUT2D eigenvalue weighted by Gasteiger charge is 2.26. The van der Waals surface area contributed by atoms with Crippen LogP contribution in [0.2, 0.25) is 5.02 Å². The van der Waals surface area contributed by atoms with Gasteiger partial charge in [-0.2, -0.15) is 0 Å². The third kappa shape index (κ3) is 4.16. The fourth-order valence-electron chi connectivity index (χ4n) is 1.64. The Morgan fingerprint density at radius 3 is 2.48 bits per heavy atom. The van der Waals surface area contributed by atoms with Crippen molar-refractivity contribution in [2.24, 2.45) is 5.92 Å². The minimum absolute atomic E-state index is 0.0423. The fourth-order valence-corrected chi connectivity index (χ4v) is 1.83. The Balaban J connectivity index is 3.01. The maximum absolute atomic E-state index is 12.1. The van der Waals surface area contributed by atoms with Crippen LogP contribution in [0.5, 0.6) is 0 Å². The van der Waals surface area contributed by atoms with Gasteiger partial charge in [0, 0.05) is 11.6 Å². The number of hydrogen-bond donors (Lipinski definition) is 1. The molecular formula is C13H15ClN2O5. The van der Waals surface area contributed by atoms with Gasteiger partial charge in [0.2, 0.25) is 0 Å². The molecule has 0 saturated carbocycles. The average Bonchev–Trinajstić information content (AvgIpc) is 2.43. The third-order valence-electron chi connectivity index (χ3n) is 2.81. The number of hydrogen-bond acceptors (Lipinski definition) is 5. The number of benzene rings is 1. The van der Waals surface area contributed by atoms with Crippen LogP contribution in [0.1, 0.15) is 24.2 Å². The van der Waals surface area contributed by atoms with Gasteiger partial charge in [-0.05, 0) is 18.1 Å². The molecule has 0 aliphatic rings. The second kappa shape index (κ2) is 7.03. The Bertz CT molecular complexity index is 574. The predicted octanol–water partition coefficient (Wildman–Crippen LogP) is 2.18. The SMILES string of the molecule is COC(=O)C(NC(=O)c1ccc(Cl)c([N+](=O)[O-])c1)C(C)C. The quantitative estimate of drug-likeness (QED) is 0.510. The summed E-state index contributed by atoms with van der Waals surface area (Å²) in [6.45, 7) is 3.48. The van der Waals surface area contributed by atoms with Gasteiger partial charge < -0.3 is 10.1 Å². The Hall–Kier alpha value is -2.15. The van der Waals surface area contributed by atoms with Gasteiger partial charge in [0.15, 0.2) is 0 Å². The molecule has 0 spiro atoms. The zero-order valence-corrected chi connectivity index (χ0v) is 12.5. The summed E-state index contributed by atoms with van der Waals surface area (Å²) in [5.74, 6) is -1.38. The molecule has 8 heteroatoms. The van der Waals surface area contributed by atoms with Crippen LogP contribution >= 0.6 is 11.6 Å². The molecule has 1 aromatic rings. The lowest BCUT2D eigenvalue weighted by Gasteiger charge is -2.19. The van der Waals surface area contributed by atoms with Crippen molar-refractivity contribution in [3.05, 3.63) is 38.9 Å². The lowest BCUT2D eigenvalue weighted by Crippen LogP contribution is -2.45. The van der Waals surface area contributed by atoms with Crippen LogP contribution in [-0.4, -0.2) is 30.0 Å². The van der Waals surface area contributed by atoms with E-state index in [1.165, 1.54) is 19.2 Å². The van der Waals surface area contributed by atoms with Gasteiger partial charge in [-0.3, -0.25) is 14.9 Å². The molecule has 1 amide bonds. The van der Waals surface area contributed by atoms with Gasteiger partial charge in [-0.15, -0.1) is 0 Å². The minimum atomic E-state index is -0.836. The lowest BCUT2D eigenvalue weighted by atomic mass is 10.0. The van der Waals surface area contributed by atoms with E-state index in [2.05, 4.69) is 10.1 Å². The molecule has 0 fully saturated rings. The van der Waals surface area contributed by atoms with Crippen LogP contribution in [-0.2, 0) is 9.53 Å². The number of carbonyl (C=O) groups excluding carboxylic acids is 2. The van der Waals surface area contributed by atoms with E-state index in [0.717, 1.165) is 6.07 Å². The van der Waals surface area contributed by atoms with Gasteiger partial charge in [0.1, 0.15) is 11.1 Å². The number of nitro groups is 1. The van der Waals surface area contributed by atoms with Crippen molar-refractivity contribution >= 4 is 29.2 Å². The van der Waals surface area contributed by atoms with Crippen molar-refractivity contribution in [2.75, 3.05) is 7.11 Å². The van der Waals surface area contributed by atoms with Crippen molar-refractivity contribution in [1.29, 1.82) is 0 Å². The summed E-state index contributed by atoms with van der Waals surface area (Å²) >= 11 is 5.68. The summed E-state index contributed by atoms with van der Waals surface area (Å²) in [5.41, 5.74) is -0.330. The minimum Gasteiger partial charge on any atom is -0.467 e. The number of ether oxygens (including phenoxy) is 1. The molecule has 7 nitrogen and oxygen atoms in total. The van der Waals surface area contributed by atoms with E-state index in [4.69, 9.17) is 11.6 Å². The van der Waals surface area contributed by atoms with E-state index >= 15 is 0 Å². The first-order valence-electron chi connectivity index (χ1n) is 6.10. The van der Waals surface area contributed by atoms with Crippen molar-refractivity contribution in [2.45, 2.75) is 19.9 Å². The molecule has 0 bridgehead atoms. The number of amides is 1. The first-order valence-corrected chi connectivity index (χ1v) is 6.48. The average molecular weight is 315 g/mol. The number of nitrogens with zero attached hydrogens (tertiary/aromatic N) is 1. The van der Waals surface area contributed by atoms with Crippen molar-refractivity contribution in [3.8, 4) is 0 Å². The number of carbonyl (C=O) groups is 2. The van der Waals surface area contributed by atoms with Gasteiger partial charge in [-0.1, -0.05) is 25.4 Å². The van der Waals surface area contributed by atoms with Crippen LogP contribution in [0.15, 0.2) is 18.2 Å². The van der Waals surface area contributed by atoms with Crippen LogP contribution in [0.25, 0.3) is 0 Å². The normalized spacial score (nSPS) is 11.9. The maximum Gasteiger partial charge on any atom is 0.328 e. The summed E-state index contributed by atoms with van der Waals surface area (Å²) in [6.07, 6.45) is 0. The van der Waals surface area contributed by atoms with E-state index in [1.54, 1.807) is 13.8 Å². The van der Waals surface area contributed by atoms with Crippen molar-refractivity contribution in [1.82, 2.24) is 5.32 Å². The summed E-state index contributed by atoms with van der Waals surface area (Å²) < 4.78 is 4.61. The number of esters is 1. The molecule has 0 aromatic heterocycles. The van der Waals surface area contributed by atoms with Crippen LogP contribution in [0.4, 0.5) is 5.69 Å². The molecule has 0 heterocycles. The number of nitrogens with one attached hydrogen (secondary N) is 1. The molecule has 0 saturated heterocycles. The number of halogens is 1. The Morgan fingerprint density at radius 2 is 2.00 bits per heavy atom. The van der Waals surface area contributed by atoms with Crippen LogP contribution in [0.3, 0.4) is 0 Å². The van der Waals surface area contributed by atoms with Gasteiger partial charge in [-0.25, -0.2) is 4.79 Å². The monoisotopic (exact) mass is 314 g/mol. The van der Waals surface area contributed by atoms with Crippen LogP contribution in [0, 0.1) is 16.0 Å². The Kier molecular flexibility index (Phi) is 5.66. The third-order valence-corrected chi connectivity index (χ3v) is 3.13. The van der Waals surface area contributed by atoms with Gasteiger partial charge >= 0.3 is 5.97 Å². The summed E-state index contributed by atoms with van der Waals surface area (Å²) in [4.78, 5) is 33.8. The van der Waals surface area contributed by atoms with E-state index in [9.17, 15) is 19.7 Å². The Labute approximate surface area is 126 Å². The zero-order valence-electron chi connectivity index (χ0n) is 11.8. The standard InChI is InChI=1S/C13H15ClN2O5/c1-7(2)11(13(18)21-3)15-12(17)8-4-5-9(14)10(6-8)16(19)20/h4-7,11H,1-3H3,(H,15,17). The number of rotatable bonds is 5. The molecule has 0 aliphatic carbocycles. The molecule has 1 rings (SSSR count). The van der Waals surface area contributed by atoms with Crippen molar-refractivity contribution in [3.63, 3.8) is 0 Å². The Morgan fingerprint density at radius 1 is 1.38 bits per heavy atom. The summed E-state index contributed by atoms with van der Waals surface area (Å²) in [6, 6.07) is 2.83. The number of nitro benzene ring substituents is 1. The first-order chi connectivity index (χ1) is 9.77. The topological polar surface area (TPSA) is 98.5 Å². The molecule has 1 aromatic carbocycles. The van der Waals surface area contributed by atoms with Gasteiger partial charge in [0.25, 0.3) is 11.6 Å². The molecule has 114 valence electrons. The smallest absolute Gasteiger partial charge is 0.328 e. The highest BCUT2D eigenvalue weighted by Crippen LogP contribution is 2.25. The molecular weight excluding hydrogens is 300 g/mol. The molecule has 1 unspecified atom stereocenters. The molecule has 1 N–H and O–H groups in total. The van der Waals surface area contributed by atoms with E-state index < -0.39 is 22.8 Å². The fraction of sp³-hybridized carbons (Fsp3) is 0.385. The molecule has 21 heavy (non-hydrogen) atoms. The van der Waals surface area contributed by atoms with E-state index in [1.807, 2.05) is 0 Å². The highest BCUT2D eigenvalue weighted by atomic mass is 35.5.